The molecule has 2 N–H and O–H groups in total. The van der Waals surface area contributed by atoms with Gasteiger partial charge in [0, 0.05) is 38.0 Å². The van der Waals surface area contributed by atoms with Crippen LogP contribution in [0.2, 0.25) is 0 Å². The molecule has 0 aromatic carbocycles. The Kier molecular flexibility index (Phi) is 6.88. The quantitative estimate of drug-likeness (QED) is 0.421. The largest absolute Gasteiger partial charge is 0.396 e. The number of morpholine rings is 1. The highest BCUT2D eigenvalue weighted by Crippen LogP contribution is 2.19. The van der Waals surface area contributed by atoms with E-state index in [1.807, 2.05) is 13.0 Å². The highest BCUT2D eigenvalue weighted by atomic mass is 32.2. The number of aryl methyl sites for hydroxylation is 1. The number of anilines is 1. The summed E-state index contributed by atoms with van der Waals surface area (Å²) in [6.45, 7) is 5.56. The molecular weight excluding hydrogens is 304 g/mol. The molecule has 1 aliphatic rings. The van der Waals surface area contributed by atoms with Gasteiger partial charge in [-0.1, -0.05) is 11.8 Å². The molecule has 8 heteroatoms. The SMILES string of the molecule is Cc1cc(N2CCOCC2)nc(SCC(=O)NCCCO)n1. The van der Waals surface area contributed by atoms with Crippen molar-refractivity contribution in [2.24, 2.45) is 0 Å². The molecule has 7 nitrogen and oxygen atoms in total. The summed E-state index contributed by atoms with van der Waals surface area (Å²) < 4.78 is 5.35. The topological polar surface area (TPSA) is 87.6 Å². The van der Waals surface area contributed by atoms with Gasteiger partial charge in [0.2, 0.25) is 5.91 Å². The molecule has 1 aliphatic heterocycles. The first-order chi connectivity index (χ1) is 10.7. The van der Waals surface area contributed by atoms with Crippen LogP contribution in [-0.4, -0.2) is 66.2 Å². The number of hydrogen-bond donors (Lipinski definition) is 2. The zero-order chi connectivity index (χ0) is 15.8. The predicted octanol–water partition coefficient (Wildman–Crippen LogP) is 0.212. The third-order valence-electron chi connectivity index (χ3n) is 3.14. The molecule has 2 rings (SSSR count). The fourth-order valence-corrected chi connectivity index (χ4v) is 2.76. The first-order valence-corrected chi connectivity index (χ1v) is 8.36. The first-order valence-electron chi connectivity index (χ1n) is 7.38. The second kappa shape index (κ2) is 8.92. The summed E-state index contributed by atoms with van der Waals surface area (Å²) in [7, 11) is 0. The van der Waals surface area contributed by atoms with Crippen LogP contribution in [0.1, 0.15) is 12.1 Å². The Labute approximate surface area is 134 Å². The van der Waals surface area contributed by atoms with Gasteiger partial charge in [0.15, 0.2) is 5.16 Å². The van der Waals surface area contributed by atoms with E-state index in [0.29, 0.717) is 31.3 Å². The molecule has 122 valence electrons. The van der Waals surface area contributed by atoms with Crippen LogP contribution in [0.4, 0.5) is 5.82 Å². The highest BCUT2D eigenvalue weighted by molar-refractivity contribution is 7.99. The summed E-state index contributed by atoms with van der Waals surface area (Å²) in [6, 6.07) is 1.96. The average molecular weight is 326 g/mol. The number of nitrogens with zero attached hydrogens (tertiary/aromatic N) is 3. The third kappa shape index (κ3) is 5.43. The number of aromatic nitrogens is 2. The van der Waals surface area contributed by atoms with Crippen LogP contribution in [-0.2, 0) is 9.53 Å². The Morgan fingerprint density at radius 3 is 2.95 bits per heavy atom. The molecule has 0 spiro atoms. The fraction of sp³-hybridized carbons (Fsp3) is 0.643. The van der Waals surface area contributed by atoms with Gasteiger partial charge < -0.3 is 20.1 Å². The molecule has 1 fully saturated rings. The molecule has 1 amide bonds. The minimum absolute atomic E-state index is 0.0727. The van der Waals surface area contributed by atoms with Crippen LogP contribution in [0.15, 0.2) is 11.2 Å². The number of ether oxygens (including phenoxy) is 1. The van der Waals surface area contributed by atoms with Gasteiger partial charge in [-0.2, -0.15) is 0 Å². The van der Waals surface area contributed by atoms with Crippen molar-refractivity contribution in [2.75, 3.05) is 50.1 Å². The molecular formula is C14H22N4O3S. The maximum absolute atomic E-state index is 11.7. The van der Waals surface area contributed by atoms with Gasteiger partial charge in [0.1, 0.15) is 5.82 Å². The van der Waals surface area contributed by atoms with Crippen molar-refractivity contribution in [1.82, 2.24) is 15.3 Å². The molecule has 0 bridgehead atoms. The van der Waals surface area contributed by atoms with Crippen molar-refractivity contribution in [1.29, 1.82) is 0 Å². The Morgan fingerprint density at radius 1 is 1.45 bits per heavy atom. The Bertz CT molecular complexity index is 495. The van der Waals surface area contributed by atoms with Crippen molar-refractivity contribution in [2.45, 2.75) is 18.5 Å². The van der Waals surface area contributed by atoms with E-state index in [1.54, 1.807) is 0 Å². The van der Waals surface area contributed by atoms with Crippen LogP contribution in [0.25, 0.3) is 0 Å². The van der Waals surface area contributed by atoms with Crippen molar-refractivity contribution in [3.05, 3.63) is 11.8 Å². The standard InChI is InChI=1S/C14H22N4O3S/c1-11-9-12(18-4-7-21-8-5-18)17-14(16-11)22-10-13(20)15-3-2-6-19/h9,19H,2-8,10H2,1H3,(H,15,20). The number of carbonyl (C=O) groups is 1. The number of hydrogen-bond acceptors (Lipinski definition) is 7. The zero-order valence-electron chi connectivity index (χ0n) is 12.7. The number of carbonyl (C=O) groups excluding carboxylic acids is 1. The Morgan fingerprint density at radius 2 is 2.23 bits per heavy atom. The maximum atomic E-state index is 11.7. The van der Waals surface area contributed by atoms with Crippen LogP contribution in [0, 0.1) is 6.92 Å². The van der Waals surface area contributed by atoms with Gasteiger partial charge in [-0.3, -0.25) is 4.79 Å². The molecule has 22 heavy (non-hydrogen) atoms. The van der Waals surface area contributed by atoms with Crippen molar-refractivity contribution >= 4 is 23.5 Å². The maximum Gasteiger partial charge on any atom is 0.230 e. The summed E-state index contributed by atoms with van der Waals surface area (Å²) >= 11 is 1.32. The minimum Gasteiger partial charge on any atom is -0.396 e. The summed E-state index contributed by atoms with van der Waals surface area (Å²) in [5.41, 5.74) is 0.889. The van der Waals surface area contributed by atoms with Crippen molar-refractivity contribution in [3.63, 3.8) is 0 Å². The lowest BCUT2D eigenvalue weighted by Crippen LogP contribution is -2.36. The monoisotopic (exact) mass is 326 g/mol. The van der Waals surface area contributed by atoms with Gasteiger partial charge in [-0.15, -0.1) is 0 Å². The lowest BCUT2D eigenvalue weighted by molar-refractivity contribution is -0.118. The van der Waals surface area contributed by atoms with Crippen LogP contribution in [0.5, 0.6) is 0 Å². The van der Waals surface area contributed by atoms with Gasteiger partial charge in [-0.25, -0.2) is 9.97 Å². The second-order valence-corrected chi connectivity index (χ2v) is 5.91. The van der Waals surface area contributed by atoms with E-state index in [1.165, 1.54) is 11.8 Å². The van der Waals surface area contributed by atoms with Gasteiger partial charge in [0.25, 0.3) is 0 Å². The van der Waals surface area contributed by atoms with Gasteiger partial charge in [0.05, 0.1) is 19.0 Å². The number of aliphatic hydroxyl groups is 1. The van der Waals surface area contributed by atoms with E-state index in [-0.39, 0.29) is 18.3 Å². The number of thioether (sulfide) groups is 1. The fourth-order valence-electron chi connectivity index (χ4n) is 2.03. The average Bonchev–Trinajstić information content (AvgIpc) is 2.53. The van der Waals surface area contributed by atoms with E-state index < -0.39 is 0 Å². The molecule has 1 aromatic rings. The van der Waals surface area contributed by atoms with E-state index in [2.05, 4.69) is 20.2 Å². The summed E-state index contributed by atoms with van der Waals surface area (Å²) in [6.07, 6.45) is 0.568. The highest BCUT2D eigenvalue weighted by Gasteiger charge is 2.14. The minimum atomic E-state index is -0.0727. The predicted molar refractivity (Wildman–Crippen MR) is 85.2 cm³/mol. The molecule has 1 saturated heterocycles. The summed E-state index contributed by atoms with van der Waals surface area (Å²) in [5, 5.41) is 12.0. The Balaban J connectivity index is 1.90. The van der Waals surface area contributed by atoms with Crippen LogP contribution < -0.4 is 10.2 Å². The molecule has 0 radical (unpaired) electrons. The third-order valence-corrected chi connectivity index (χ3v) is 3.99. The van der Waals surface area contributed by atoms with Gasteiger partial charge >= 0.3 is 0 Å². The molecule has 0 aliphatic carbocycles. The first kappa shape index (κ1) is 17.0. The lowest BCUT2D eigenvalue weighted by Gasteiger charge is -2.28. The van der Waals surface area contributed by atoms with Crippen LogP contribution in [0.3, 0.4) is 0 Å². The summed E-state index contributed by atoms with van der Waals surface area (Å²) in [4.78, 5) is 22.7. The van der Waals surface area contributed by atoms with Crippen LogP contribution >= 0.6 is 11.8 Å². The normalized spacial score (nSPS) is 14.9. The number of amides is 1. The van der Waals surface area contributed by atoms with E-state index >= 15 is 0 Å². The second-order valence-electron chi connectivity index (χ2n) is 4.97. The Hall–Kier alpha value is -1.38. The molecule has 0 saturated carbocycles. The molecule has 0 atom stereocenters. The number of aliphatic hydroxyl groups excluding tert-OH is 1. The van der Waals surface area contributed by atoms with Gasteiger partial charge in [-0.05, 0) is 13.3 Å². The van der Waals surface area contributed by atoms with Crippen molar-refractivity contribution < 1.29 is 14.6 Å². The molecule has 0 unspecified atom stereocenters. The van der Waals surface area contributed by atoms with E-state index in [9.17, 15) is 4.79 Å². The smallest absolute Gasteiger partial charge is 0.230 e. The van der Waals surface area contributed by atoms with E-state index in [4.69, 9.17) is 9.84 Å². The van der Waals surface area contributed by atoms with E-state index in [0.717, 1.165) is 24.6 Å². The van der Waals surface area contributed by atoms with Crippen molar-refractivity contribution in [3.8, 4) is 0 Å². The lowest BCUT2D eigenvalue weighted by atomic mass is 10.3. The zero-order valence-corrected chi connectivity index (χ0v) is 13.6. The molecule has 1 aromatic heterocycles. The summed E-state index contributed by atoms with van der Waals surface area (Å²) in [5.74, 6) is 1.09. The number of rotatable bonds is 7. The number of nitrogens with one attached hydrogen (secondary N) is 1. The molecule has 2 heterocycles.